The highest BCUT2D eigenvalue weighted by molar-refractivity contribution is 5.91. The minimum Gasteiger partial charge on any atom is -0.324 e. The van der Waals surface area contributed by atoms with Gasteiger partial charge >= 0.3 is 5.69 Å². The lowest BCUT2D eigenvalue weighted by atomic mass is 10.3. The van der Waals surface area contributed by atoms with Crippen LogP contribution in [0.4, 0.5) is 5.95 Å². The monoisotopic (exact) mass is 321 g/mol. The van der Waals surface area contributed by atoms with Gasteiger partial charge in [0, 0.05) is 7.05 Å². The van der Waals surface area contributed by atoms with Crippen molar-refractivity contribution in [2.24, 2.45) is 7.05 Å². The summed E-state index contributed by atoms with van der Waals surface area (Å²) in [6.45, 7) is -0.0722. The van der Waals surface area contributed by atoms with Crippen LogP contribution in [0.15, 0.2) is 53.3 Å². The summed E-state index contributed by atoms with van der Waals surface area (Å²) in [6, 6.07) is 14.9. The van der Waals surface area contributed by atoms with Crippen LogP contribution in [0.25, 0.3) is 22.1 Å². The molecule has 24 heavy (non-hydrogen) atoms. The van der Waals surface area contributed by atoms with Crippen molar-refractivity contribution in [3.63, 3.8) is 0 Å². The Morgan fingerprint density at radius 2 is 1.83 bits per heavy atom. The van der Waals surface area contributed by atoms with Gasteiger partial charge in [-0.3, -0.25) is 19.2 Å². The summed E-state index contributed by atoms with van der Waals surface area (Å²) in [5, 5.41) is 2.71. The van der Waals surface area contributed by atoms with E-state index in [1.54, 1.807) is 7.05 Å². The van der Waals surface area contributed by atoms with Gasteiger partial charge in [0.2, 0.25) is 11.9 Å². The molecule has 0 radical (unpaired) electrons. The number of fused-ring (bicyclic) bond motifs is 2. The first-order valence-electron chi connectivity index (χ1n) is 7.52. The normalized spacial score (nSPS) is 11.2. The number of rotatable bonds is 3. The number of hydrogen-bond acceptors (Lipinski definition) is 3. The molecule has 0 atom stereocenters. The number of nitrogens with zero attached hydrogens (tertiary/aromatic N) is 3. The maximum atomic E-state index is 12.3. The average molecular weight is 321 g/mol. The first-order valence-corrected chi connectivity index (χ1v) is 7.52. The molecule has 7 heteroatoms. The molecule has 2 aromatic heterocycles. The largest absolute Gasteiger partial charge is 0.329 e. The lowest BCUT2D eigenvalue weighted by Crippen LogP contribution is -2.28. The molecule has 4 rings (SSSR count). The van der Waals surface area contributed by atoms with E-state index >= 15 is 0 Å². The van der Waals surface area contributed by atoms with Crippen LogP contribution in [0.1, 0.15) is 0 Å². The second-order valence-corrected chi connectivity index (χ2v) is 5.57. The van der Waals surface area contributed by atoms with Crippen molar-refractivity contribution in [1.29, 1.82) is 0 Å². The summed E-state index contributed by atoms with van der Waals surface area (Å²) in [4.78, 5) is 32.0. The van der Waals surface area contributed by atoms with Gasteiger partial charge in [0.15, 0.2) is 0 Å². The van der Waals surface area contributed by atoms with Crippen LogP contribution >= 0.6 is 0 Å². The number of imidazole rings is 2. The van der Waals surface area contributed by atoms with Crippen molar-refractivity contribution < 1.29 is 4.79 Å². The number of aromatic nitrogens is 4. The molecule has 0 unspecified atom stereocenters. The van der Waals surface area contributed by atoms with Crippen molar-refractivity contribution in [1.82, 2.24) is 19.1 Å². The third-order valence-electron chi connectivity index (χ3n) is 4.00. The number of para-hydroxylation sites is 4. The number of amides is 1. The van der Waals surface area contributed by atoms with Gasteiger partial charge in [-0.25, -0.2) is 9.78 Å². The third kappa shape index (κ3) is 2.26. The Morgan fingerprint density at radius 1 is 1.12 bits per heavy atom. The van der Waals surface area contributed by atoms with Crippen LogP contribution < -0.4 is 11.0 Å². The highest BCUT2D eigenvalue weighted by Gasteiger charge is 2.14. The third-order valence-corrected chi connectivity index (χ3v) is 4.00. The quantitative estimate of drug-likeness (QED) is 0.604. The van der Waals surface area contributed by atoms with Crippen LogP contribution in [-0.4, -0.2) is 25.0 Å². The average Bonchev–Trinajstić information content (AvgIpc) is 3.09. The van der Waals surface area contributed by atoms with E-state index in [1.165, 1.54) is 9.13 Å². The zero-order valence-electron chi connectivity index (χ0n) is 13.0. The smallest absolute Gasteiger partial charge is 0.324 e. The van der Waals surface area contributed by atoms with E-state index in [0.29, 0.717) is 5.95 Å². The summed E-state index contributed by atoms with van der Waals surface area (Å²) in [5.41, 5.74) is 2.91. The van der Waals surface area contributed by atoms with Crippen molar-refractivity contribution in [2.45, 2.75) is 6.54 Å². The first-order chi connectivity index (χ1) is 11.6. The Kier molecular flexibility index (Phi) is 3.19. The summed E-state index contributed by atoms with van der Waals surface area (Å²) in [7, 11) is 1.69. The van der Waals surface area contributed by atoms with Gasteiger partial charge in [-0.15, -0.1) is 0 Å². The van der Waals surface area contributed by atoms with Gasteiger partial charge in [-0.05, 0) is 24.3 Å². The topological polar surface area (TPSA) is 84.7 Å². The highest BCUT2D eigenvalue weighted by Crippen LogP contribution is 2.14. The minimum absolute atomic E-state index is 0.0722. The number of anilines is 1. The van der Waals surface area contributed by atoms with Gasteiger partial charge < -0.3 is 4.98 Å². The molecule has 0 aliphatic heterocycles. The fourth-order valence-corrected chi connectivity index (χ4v) is 2.84. The Bertz CT molecular complexity index is 1090. The fraction of sp³-hybridized carbons (Fsp3) is 0.118. The summed E-state index contributed by atoms with van der Waals surface area (Å²) in [5.74, 6) is 0.0574. The van der Waals surface area contributed by atoms with E-state index < -0.39 is 0 Å². The lowest BCUT2D eigenvalue weighted by molar-refractivity contribution is -0.116. The molecule has 0 aliphatic rings. The van der Waals surface area contributed by atoms with Gasteiger partial charge in [-0.2, -0.15) is 0 Å². The second-order valence-electron chi connectivity index (χ2n) is 5.57. The Labute approximate surface area is 136 Å². The molecular formula is C17H15N5O2. The van der Waals surface area contributed by atoms with Crippen molar-refractivity contribution in [3.8, 4) is 0 Å². The Hall–Kier alpha value is -3.35. The predicted molar refractivity (Wildman–Crippen MR) is 91.9 cm³/mol. The van der Waals surface area contributed by atoms with Crippen molar-refractivity contribution >= 4 is 33.9 Å². The van der Waals surface area contributed by atoms with Gasteiger partial charge in [0.25, 0.3) is 0 Å². The standard InChI is InChI=1S/C17H15N5O2/c1-21-13-8-4-5-9-14(13)22(17(21)24)10-15(23)20-16-18-11-6-2-3-7-12(11)19-16/h2-9H,10H2,1H3,(H2,18,19,20,23). The number of carbonyl (C=O) groups is 1. The van der Waals surface area contributed by atoms with Gasteiger partial charge in [0.1, 0.15) is 6.54 Å². The molecule has 0 fully saturated rings. The number of benzene rings is 2. The molecule has 0 spiro atoms. The maximum Gasteiger partial charge on any atom is 0.329 e. The summed E-state index contributed by atoms with van der Waals surface area (Å²) in [6.07, 6.45) is 0. The number of hydrogen-bond donors (Lipinski definition) is 2. The molecule has 0 bridgehead atoms. The molecule has 2 heterocycles. The molecular weight excluding hydrogens is 306 g/mol. The number of H-pyrrole nitrogens is 1. The van der Waals surface area contributed by atoms with Crippen LogP contribution in [-0.2, 0) is 18.4 Å². The van der Waals surface area contributed by atoms with E-state index in [-0.39, 0.29) is 18.1 Å². The maximum absolute atomic E-state index is 12.3. The molecule has 7 nitrogen and oxygen atoms in total. The Morgan fingerprint density at radius 3 is 2.62 bits per heavy atom. The lowest BCUT2D eigenvalue weighted by Gasteiger charge is -2.03. The minimum atomic E-state index is -0.312. The van der Waals surface area contributed by atoms with Crippen molar-refractivity contribution in [2.75, 3.05) is 5.32 Å². The zero-order valence-corrected chi connectivity index (χ0v) is 13.0. The molecule has 2 N–H and O–H groups in total. The first kappa shape index (κ1) is 14.3. The van der Waals surface area contributed by atoms with Crippen LogP contribution in [0, 0.1) is 0 Å². The summed E-state index contributed by atoms with van der Waals surface area (Å²) < 4.78 is 2.98. The number of carbonyl (C=O) groups excluding carboxylic acids is 1. The second kappa shape index (κ2) is 5.38. The number of aryl methyl sites for hydroxylation is 1. The van der Waals surface area contributed by atoms with E-state index in [0.717, 1.165) is 22.1 Å². The molecule has 1 amide bonds. The molecule has 120 valence electrons. The predicted octanol–water partition coefficient (Wildman–Crippen LogP) is 1.85. The van der Waals surface area contributed by atoms with Gasteiger partial charge in [-0.1, -0.05) is 24.3 Å². The SMILES string of the molecule is Cn1c(=O)n(CC(=O)Nc2nc3ccccc3[nH]2)c2ccccc21. The van der Waals surface area contributed by atoms with E-state index in [9.17, 15) is 9.59 Å². The highest BCUT2D eigenvalue weighted by atomic mass is 16.2. The van der Waals surface area contributed by atoms with Crippen molar-refractivity contribution in [3.05, 3.63) is 59.0 Å². The van der Waals surface area contributed by atoms with Crippen LogP contribution in [0.3, 0.4) is 0 Å². The Balaban J connectivity index is 1.62. The molecule has 2 aromatic carbocycles. The van der Waals surface area contributed by atoms with Crippen LogP contribution in [0.5, 0.6) is 0 Å². The zero-order chi connectivity index (χ0) is 16.7. The van der Waals surface area contributed by atoms with E-state index in [4.69, 9.17) is 0 Å². The van der Waals surface area contributed by atoms with Gasteiger partial charge in [0.05, 0.1) is 22.1 Å². The number of aromatic amines is 1. The molecule has 0 aliphatic carbocycles. The van der Waals surface area contributed by atoms with E-state index in [1.807, 2.05) is 48.5 Å². The number of nitrogens with one attached hydrogen (secondary N) is 2. The molecule has 0 saturated carbocycles. The summed E-state index contributed by atoms with van der Waals surface area (Å²) >= 11 is 0. The fourth-order valence-electron chi connectivity index (χ4n) is 2.84. The van der Waals surface area contributed by atoms with E-state index in [2.05, 4.69) is 15.3 Å². The molecule has 0 saturated heterocycles. The molecule has 4 aromatic rings. The van der Waals surface area contributed by atoms with Crippen LogP contribution in [0.2, 0.25) is 0 Å².